The summed E-state index contributed by atoms with van der Waals surface area (Å²) in [4.78, 5) is 12.2. The maximum Gasteiger partial charge on any atom is 0.256 e. The van der Waals surface area contributed by atoms with Gasteiger partial charge in [0.15, 0.2) is 0 Å². The fourth-order valence-corrected chi connectivity index (χ4v) is 3.13. The summed E-state index contributed by atoms with van der Waals surface area (Å²) in [6.45, 7) is 0. The van der Waals surface area contributed by atoms with E-state index in [1.165, 1.54) is 0 Å². The molecule has 4 nitrogen and oxygen atoms in total. The van der Waals surface area contributed by atoms with E-state index in [0.717, 1.165) is 32.2 Å². The van der Waals surface area contributed by atoms with Gasteiger partial charge in [-0.3, -0.25) is 9.89 Å². The van der Waals surface area contributed by atoms with Crippen molar-refractivity contribution in [3.05, 3.63) is 58.2 Å². The van der Waals surface area contributed by atoms with Crippen molar-refractivity contribution in [3.8, 4) is 0 Å². The standard InChI is InChI=1S/C16H10BrN3O/c17-12-2-1-3-13-15(12)11(16(21)19-13)6-9-4-5-10-8-18-20-14(10)7-9/h1-8H,(H,18,20)(H,19,21)/b11-6-. The first kappa shape index (κ1) is 12.3. The molecular weight excluding hydrogens is 330 g/mol. The third kappa shape index (κ3) is 1.97. The second-order valence-corrected chi connectivity index (χ2v) is 5.75. The molecule has 5 heteroatoms. The topological polar surface area (TPSA) is 57.8 Å². The molecule has 2 aromatic carbocycles. The van der Waals surface area contributed by atoms with Gasteiger partial charge < -0.3 is 5.32 Å². The number of halogens is 1. The molecular formula is C16H10BrN3O. The van der Waals surface area contributed by atoms with Crippen LogP contribution in [0, 0.1) is 0 Å². The molecule has 21 heavy (non-hydrogen) atoms. The van der Waals surface area contributed by atoms with E-state index in [2.05, 4.69) is 31.4 Å². The third-order valence-corrected chi connectivity index (χ3v) is 4.21. The number of rotatable bonds is 1. The Morgan fingerprint density at radius 3 is 3.00 bits per heavy atom. The number of hydrogen-bond donors (Lipinski definition) is 2. The second-order valence-electron chi connectivity index (χ2n) is 4.89. The van der Waals surface area contributed by atoms with E-state index in [1.807, 2.05) is 42.5 Å². The number of benzene rings is 2. The largest absolute Gasteiger partial charge is 0.321 e. The number of fused-ring (bicyclic) bond motifs is 2. The Kier molecular flexibility index (Phi) is 2.68. The van der Waals surface area contributed by atoms with E-state index in [4.69, 9.17) is 0 Å². The number of hydrogen-bond acceptors (Lipinski definition) is 2. The molecule has 0 saturated heterocycles. The number of carbonyl (C=O) groups excluding carboxylic acids is 1. The van der Waals surface area contributed by atoms with Crippen LogP contribution in [0.15, 0.2) is 47.1 Å². The number of aromatic amines is 1. The fraction of sp³-hybridized carbons (Fsp3) is 0. The van der Waals surface area contributed by atoms with Crippen molar-refractivity contribution >= 4 is 50.1 Å². The van der Waals surface area contributed by atoms with Crippen molar-refractivity contribution in [2.24, 2.45) is 0 Å². The Labute approximate surface area is 129 Å². The van der Waals surface area contributed by atoms with Gasteiger partial charge in [0.1, 0.15) is 0 Å². The lowest BCUT2D eigenvalue weighted by molar-refractivity contribution is -0.110. The van der Waals surface area contributed by atoms with E-state index < -0.39 is 0 Å². The van der Waals surface area contributed by atoms with Gasteiger partial charge in [0.2, 0.25) is 0 Å². The van der Waals surface area contributed by atoms with Crippen LogP contribution in [0.3, 0.4) is 0 Å². The summed E-state index contributed by atoms with van der Waals surface area (Å²) in [6.07, 6.45) is 3.67. The van der Waals surface area contributed by atoms with Crippen LogP contribution in [0.1, 0.15) is 11.1 Å². The number of nitrogens with zero attached hydrogens (tertiary/aromatic N) is 1. The van der Waals surface area contributed by atoms with Gasteiger partial charge in [-0.15, -0.1) is 0 Å². The van der Waals surface area contributed by atoms with E-state index in [-0.39, 0.29) is 5.91 Å². The van der Waals surface area contributed by atoms with Crippen molar-refractivity contribution in [1.29, 1.82) is 0 Å². The summed E-state index contributed by atoms with van der Waals surface area (Å²) in [7, 11) is 0. The van der Waals surface area contributed by atoms with Gasteiger partial charge in [-0.1, -0.05) is 34.1 Å². The second kappa shape index (κ2) is 4.56. The molecule has 1 amide bonds. The molecule has 0 bridgehead atoms. The van der Waals surface area contributed by atoms with E-state index in [1.54, 1.807) is 6.20 Å². The Morgan fingerprint density at radius 2 is 2.10 bits per heavy atom. The zero-order valence-corrected chi connectivity index (χ0v) is 12.4. The average molecular weight is 340 g/mol. The van der Waals surface area contributed by atoms with Gasteiger partial charge in [0.25, 0.3) is 5.91 Å². The summed E-state index contributed by atoms with van der Waals surface area (Å²) in [5.74, 6) is -0.0818. The lowest BCUT2D eigenvalue weighted by atomic mass is 10.0. The van der Waals surface area contributed by atoms with Crippen molar-refractivity contribution in [1.82, 2.24) is 10.2 Å². The minimum Gasteiger partial charge on any atom is -0.321 e. The van der Waals surface area contributed by atoms with Crippen LogP contribution in [0.2, 0.25) is 0 Å². The Hall–Kier alpha value is -2.40. The number of carbonyl (C=O) groups is 1. The van der Waals surface area contributed by atoms with Gasteiger partial charge >= 0.3 is 0 Å². The lowest BCUT2D eigenvalue weighted by Gasteiger charge is -2.02. The Morgan fingerprint density at radius 1 is 1.19 bits per heavy atom. The van der Waals surface area contributed by atoms with Crippen LogP contribution in [-0.4, -0.2) is 16.1 Å². The zero-order valence-electron chi connectivity index (χ0n) is 10.9. The molecule has 0 spiro atoms. The van der Waals surface area contributed by atoms with Crippen LogP contribution < -0.4 is 5.32 Å². The van der Waals surface area contributed by atoms with E-state index in [9.17, 15) is 4.79 Å². The average Bonchev–Trinajstić information content (AvgIpc) is 3.04. The normalized spacial score (nSPS) is 15.5. The van der Waals surface area contributed by atoms with E-state index >= 15 is 0 Å². The maximum atomic E-state index is 12.2. The molecule has 1 aliphatic heterocycles. The van der Waals surface area contributed by atoms with Crippen LogP contribution in [0.4, 0.5) is 5.69 Å². The molecule has 1 aliphatic rings. The van der Waals surface area contributed by atoms with Crippen LogP contribution in [0.25, 0.3) is 22.6 Å². The highest BCUT2D eigenvalue weighted by Crippen LogP contribution is 2.38. The fourth-order valence-electron chi connectivity index (χ4n) is 2.55. The predicted octanol–water partition coefficient (Wildman–Crippen LogP) is 3.82. The molecule has 0 fully saturated rings. The first-order chi connectivity index (χ1) is 10.2. The van der Waals surface area contributed by atoms with Gasteiger partial charge in [-0.25, -0.2) is 0 Å². The van der Waals surface area contributed by atoms with E-state index in [0.29, 0.717) is 5.57 Å². The van der Waals surface area contributed by atoms with Crippen molar-refractivity contribution in [2.75, 3.05) is 5.32 Å². The summed E-state index contributed by atoms with van der Waals surface area (Å²) in [6, 6.07) is 11.7. The molecule has 2 N–H and O–H groups in total. The molecule has 0 atom stereocenters. The summed E-state index contributed by atoms with van der Waals surface area (Å²) in [5, 5.41) is 10.9. The molecule has 0 aliphatic carbocycles. The molecule has 2 heterocycles. The first-order valence-electron chi connectivity index (χ1n) is 6.47. The van der Waals surface area contributed by atoms with Gasteiger partial charge in [0.05, 0.1) is 23.0 Å². The Balaban J connectivity index is 1.88. The summed E-state index contributed by atoms with van der Waals surface area (Å²) >= 11 is 3.51. The summed E-state index contributed by atoms with van der Waals surface area (Å²) < 4.78 is 0.909. The van der Waals surface area contributed by atoms with Gasteiger partial charge in [0, 0.05) is 15.4 Å². The molecule has 4 rings (SSSR count). The molecule has 1 aromatic heterocycles. The van der Waals surface area contributed by atoms with Crippen LogP contribution in [0.5, 0.6) is 0 Å². The molecule has 0 saturated carbocycles. The molecule has 3 aromatic rings. The maximum absolute atomic E-state index is 12.2. The molecule has 0 radical (unpaired) electrons. The number of H-pyrrole nitrogens is 1. The highest BCUT2D eigenvalue weighted by molar-refractivity contribution is 9.10. The SMILES string of the molecule is O=C1Nc2cccc(Br)c2/C1=C/c1ccc2cn[nH]c2c1. The van der Waals surface area contributed by atoms with Gasteiger partial charge in [-0.2, -0.15) is 5.10 Å². The molecule has 0 unspecified atom stereocenters. The highest BCUT2D eigenvalue weighted by Gasteiger charge is 2.25. The van der Waals surface area contributed by atoms with Crippen molar-refractivity contribution in [2.45, 2.75) is 0 Å². The monoisotopic (exact) mass is 339 g/mol. The number of amides is 1. The lowest BCUT2D eigenvalue weighted by Crippen LogP contribution is -2.03. The molecule has 102 valence electrons. The van der Waals surface area contributed by atoms with Crippen LogP contribution in [-0.2, 0) is 4.79 Å². The quantitative estimate of drug-likeness (QED) is 0.662. The zero-order chi connectivity index (χ0) is 14.4. The first-order valence-corrected chi connectivity index (χ1v) is 7.27. The van der Waals surface area contributed by atoms with Crippen molar-refractivity contribution < 1.29 is 4.79 Å². The minimum atomic E-state index is -0.0818. The smallest absolute Gasteiger partial charge is 0.256 e. The van der Waals surface area contributed by atoms with Crippen LogP contribution >= 0.6 is 15.9 Å². The van der Waals surface area contributed by atoms with Crippen molar-refractivity contribution in [3.63, 3.8) is 0 Å². The highest BCUT2D eigenvalue weighted by atomic mass is 79.9. The third-order valence-electron chi connectivity index (χ3n) is 3.55. The minimum absolute atomic E-state index is 0.0818. The number of anilines is 1. The summed E-state index contributed by atoms with van der Waals surface area (Å²) in [5.41, 5.74) is 4.32. The number of nitrogens with one attached hydrogen (secondary N) is 2. The number of aromatic nitrogens is 2. The predicted molar refractivity (Wildman–Crippen MR) is 86.7 cm³/mol. The van der Waals surface area contributed by atoms with Gasteiger partial charge in [-0.05, 0) is 29.8 Å². The Bertz CT molecular complexity index is 911.